The summed E-state index contributed by atoms with van der Waals surface area (Å²) in [5.74, 6) is 0.551. The Balaban J connectivity index is 1.67. The highest BCUT2D eigenvalue weighted by Gasteiger charge is 2.18. The molecule has 3 heteroatoms. The maximum Gasteiger partial charge on any atom is 0.198 e. The molecule has 0 bridgehead atoms. The minimum absolute atomic E-state index is 0.00817. The molecule has 0 radical (unpaired) electrons. The fourth-order valence-corrected chi connectivity index (χ4v) is 3.10. The lowest BCUT2D eigenvalue weighted by Crippen LogP contribution is -2.08. The van der Waals surface area contributed by atoms with Gasteiger partial charge in [0.25, 0.3) is 0 Å². The third-order valence-corrected chi connectivity index (χ3v) is 4.28. The molecule has 2 aromatic rings. The molecule has 20 heavy (non-hydrogen) atoms. The molecule has 1 fully saturated rings. The number of Topliss-reactive ketones (excluding diaryl/α,β-unsaturated/α-hetero) is 1. The summed E-state index contributed by atoms with van der Waals surface area (Å²) in [6.45, 7) is 0. The predicted octanol–water partition coefficient (Wildman–Crippen LogP) is 5.12. The maximum absolute atomic E-state index is 13.5. The number of rotatable bonds is 4. The molecule has 0 N–H and O–H groups in total. The number of hydrogen-bond acceptors (Lipinski definition) is 2. The highest BCUT2D eigenvalue weighted by molar-refractivity contribution is 5.97. The first-order chi connectivity index (χ1) is 9.74. The summed E-state index contributed by atoms with van der Waals surface area (Å²) in [4.78, 5) is 12.2. The number of para-hydroxylation sites is 1. The van der Waals surface area contributed by atoms with E-state index in [0.29, 0.717) is 23.5 Å². The molecule has 0 saturated heterocycles. The highest BCUT2D eigenvalue weighted by atomic mass is 19.1. The van der Waals surface area contributed by atoms with E-state index in [4.69, 9.17) is 4.42 Å². The van der Waals surface area contributed by atoms with Crippen LogP contribution in [-0.4, -0.2) is 5.78 Å². The fraction of sp³-hybridized carbons (Fsp3) is 0.471. The van der Waals surface area contributed by atoms with Gasteiger partial charge in [-0.25, -0.2) is 4.39 Å². The first-order valence-electron chi connectivity index (χ1n) is 7.45. The number of ketones is 1. The molecule has 2 nitrogen and oxygen atoms in total. The van der Waals surface area contributed by atoms with Gasteiger partial charge in [0.2, 0.25) is 0 Å². The number of fused-ring (bicyclic) bond motifs is 1. The smallest absolute Gasteiger partial charge is 0.198 e. The van der Waals surface area contributed by atoms with E-state index >= 15 is 0 Å². The van der Waals surface area contributed by atoms with Gasteiger partial charge in [-0.2, -0.15) is 0 Å². The maximum atomic E-state index is 13.5. The number of furan rings is 1. The van der Waals surface area contributed by atoms with Crippen molar-refractivity contribution in [3.8, 4) is 0 Å². The molecule has 0 spiro atoms. The van der Waals surface area contributed by atoms with E-state index in [-0.39, 0.29) is 11.4 Å². The Morgan fingerprint density at radius 3 is 2.80 bits per heavy atom. The molecule has 0 unspecified atom stereocenters. The molecule has 1 saturated carbocycles. The Hall–Kier alpha value is -1.64. The molecule has 106 valence electrons. The predicted molar refractivity (Wildman–Crippen MR) is 76.3 cm³/mol. The third kappa shape index (κ3) is 2.77. The van der Waals surface area contributed by atoms with Crippen molar-refractivity contribution >= 4 is 16.8 Å². The zero-order valence-electron chi connectivity index (χ0n) is 11.5. The van der Waals surface area contributed by atoms with Crippen LogP contribution in [0.25, 0.3) is 11.0 Å². The van der Waals surface area contributed by atoms with Crippen molar-refractivity contribution < 1.29 is 13.6 Å². The Morgan fingerprint density at radius 2 is 2.05 bits per heavy atom. The van der Waals surface area contributed by atoms with E-state index < -0.39 is 5.82 Å². The van der Waals surface area contributed by atoms with Gasteiger partial charge in [-0.05, 0) is 24.5 Å². The van der Waals surface area contributed by atoms with Gasteiger partial charge in [0, 0.05) is 11.8 Å². The Bertz CT molecular complexity index is 608. The SMILES string of the molecule is O=C(CCC1CCCCC1)c1cc2cccc(F)c2o1. The number of carbonyl (C=O) groups excluding carboxylic acids is 1. The van der Waals surface area contributed by atoms with E-state index in [1.165, 1.54) is 38.2 Å². The van der Waals surface area contributed by atoms with E-state index in [9.17, 15) is 9.18 Å². The monoisotopic (exact) mass is 274 g/mol. The molecule has 3 rings (SSSR count). The van der Waals surface area contributed by atoms with E-state index in [2.05, 4.69) is 0 Å². The van der Waals surface area contributed by atoms with Gasteiger partial charge in [0.15, 0.2) is 22.9 Å². The minimum atomic E-state index is -0.408. The first kappa shape index (κ1) is 13.3. The van der Waals surface area contributed by atoms with Gasteiger partial charge < -0.3 is 4.42 Å². The van der Waals surface area contributed by atoms with Gasteiger partial charge in [-0.3, -0.25) is 4.79 Å². The van der Waals surface area contributed by atoms with Crippen LogP contribution in [0.15, 0.2) is 28.7 Å². The second-order valence-corrected chi connectivity index (χ2v) is 5.73. The minimum Gasteiger partial charge on any atom is -0.450 e. The van der Waals surface area contributed by atoms with Crippen LogP contribution < -0.4 is 0 Å². The fourth-order valence-electron chi connectivity index (χ4n) is 3.10. The Labute approximate surface area is 118 Å². The van der Waals surface area contributed by atoms with Crippen molar-refractivity contribution in [1.29, 1.82) is 0 Å². The van der Waals surface area contributed by atoms with E-state index in [1.54, 1.807) is 18.2 Å². The standard InChI is InChI=1S/C17H19FO2/c18-14-8-4-7-13-11-16(20-17(13)14)15(19)10-9-12-5-2-1-3-6-12/h4,7-8,11-12H,1-3,5-6,9-10H2. The third-order valence-electron chi connectivity index (χ3n) is 4.28. The molecule has 1 heterocycles. The van der Waals surface area contributed by atoms with Gasteiger partial charge in [0.05, 0.1) is 0 Å². The second-order valence-electron chi connectivity index (χ2n) is 5.73. The topological polar surface area (TPSA) is 30.2 Å². The van der Waals surface area contributed by atoms with E-state index in [1.807, 2.05) is 0 Å². The lowest BCUT2D eigenvalue weighted by molar-refractivity contribution is 0.0945. The molecule has 1 aliphatic carbocycles. The number of carbonyl (C=O) groups is 1. The van der Waals surface area contributed by atoms with Gasteiger partial charge in [-0.15, -0.1) is 0 Å². The summed E-state index contributed by atoms with van der Waals surface area (Å²) in [5, 5.41) is 0.658. The van der Waals surface area contributed by atoms with Crippen LogP contribution >= 0.6 is 0 Å². The summed E-state index contributed by atoms with van der Waals surface area (Å²) < 4.78 is 18.9. The van der Waals surface area contributed by atoms with Crippen LogP contribution in [0.3, 0.4) is 0 Å². The highest BCUT2D eigenvalue weighted by Crippen LogP contribution is 2.29. The number of hydrogen-bond donors (Lipinski definition) is 0. The average molecular weight is 274 g/mol. The van der Waals surface area contributed by atoms with Crippen molar-refractivity contribution in [2.24, 2.45) is 5.92 Å². The van der Waals surface area contributed by atoms with Crippen molar-refractivity contribution in [3.63, 3.8) is 0 Å². The van der Waals surface area contributed by atoms with Gasteiger partial charge in [-0.1, -0.05) is 44.2 Å². The number of halogens is 1. The molecule has 0 amide bonds. The molecule has 1 aromatic carbocycles. The van der Waals surface area contributed by atoms with Crippen LogP contribution in [0.1, 0.15) is 55.5 Å². The van der Waals surface area contributed by atoms with Crippen LogP contribution in [-0.2, 0) is 0 Å². The summed E-state index contributed by atoms with van der Waals surface area (Å²) in [5.41, 5.74) is 0.188. The van der Waals surface area contributed by atoms with Crippen molar-refractivity contribution in [2.75, 3.05) is 0 Å². The number of benzene rings is 1. The summed E-state index contributed by atoms with van der Waals surface area (Å²) in [7, 11) is 0. The summed E-state index contributed by atoms with van der Waals surface area (Å²) in [6, 6.07) is 6.40. The van der Waals surface area contributed by atoms with E-state index in [0.717, 1.165) is 6.42 Å². The van der Waals surface area contributed by atoms with Crippen molar-refractivity contribution in [1.82, 2.24) is 0 Å². The molecule has 0 atom stereocenters. The zero-order chi connectivity index (χ0) is 13.9. The van der Waals surface area contributed by atoms with Crippen LogP contribution in [0.2, 0.25) is 0 Å². The second kappa shape index (κ2) is 5.78. The zero-order valence-corrected chi connectivity index (χ0v) is 11.5. The van der Waals surface area contributed by atoms with Gasteiger partial charge >= 0.3 is 0 Å². The van der Waals surface area contributed by atoms with Gasteiger partial charge in [0.1, 0.15) is 0 Å². The molecule has 1 aromatic heterocycles. The molecule has 1 aliphatic rings. The van der Waals surface area contributed by atoms with Crippen molar-refractivity contribution in [2.45, 2.75) is 44.9 Å². The molecular weight excluding hydrogens is 255 g/mol. The van der Waals surface area contributed by atoms with Crippen LogP contribution in [0, 0.1) is 11.7 Å². The lowest BCUT2D eigenvalue weighted by atomic mass is 9.85. The first-order valence-corrected chi connectivity index (χ1v) is 7.45. The summed E-state index contributed by atoms with van der Waals surface area (Å²) >= 11 is 0. The lowest BCUT2D eigenvalue weighted by Gasteiger charge is -2.20. The quantitative estimate of drug-likeness (QED) is 0.725. The Morgan fingerprint density at radius 1 is 1.25 bits per heavy atom. The normalized spacial score (nSPS) is 16.6. The Kier molecular flexibility index (Phi) is 3.86. The molecular formula is C17H19FO2. The molecule has 0 aliphatic heterocycles. The van der Waals surface area contributed by atoms with Crippen molar-refractivity contribution in [3.05, 3.63) is 35.8 Å². The summed E-state index contributed by atoms with van der Waals surface area (Å²) in [6.07, 6.45) is 7.81. The van der Waals surface area contributed by atoms with Crippen LogP contribution in [0.5, 0.6) is 0 Å². The van der Waals surface area contributed by atoms with Crippen LogP contribution in [0.4, 0.5) is 4.39 Å². The average Bonchev–Trinajstić information content (AvgIpc) is 2.91. The largest absolute Gasteiger partial charge is 0.450 e.